The summed E-state index contributed by atoms with van der Waals surface area (Å²) in [7, 11) is 0. The lowest BCUT2D eigenvalue weighted by atomic mass is 10.1. The molecule has 122 valence electrons. The van der Waals surface area contributed by atoms with Crippen molar-refractivity contribution in [2.45, 2.75) is 58.9 Å². The smallest absolute Gasteiger partial charge is 0.307 e. The zero-order valence-corrected chi connectivity index (χ0v) is 13.7. The van der Waals surface area contributed by atoms with Gasteiger partial charge in [-0.25, -0.2) is 0 Å². The number of carbonyl (C=O) groups excluding carboxylic acids is 1. The molecule has 0 spiro atoms. The summed E-state index contributed by atoms with van der Waals surface area (Å²) in [5.41, 5.74) is 0. The van der Waals surface area contributed by atoms with Crippen LogP contribution in [-0.2, 0) is 9.59 Å². The zero-order chi connectivity index (χ0) is 15.8. The van der Waals surface area contributed by atoms with E-state index >= 15 is 0 Å². The van der Waals surface area contributed by atoms with Crippen molar-refractivity contribution in [2.24, 2.45) is 5.92 Å². The molecule has 1 heterocycles. The van der Waals surface area contributed by atoms with Crippen molar-refractivity contribution < 1.29 is 14.7 Å². The van der Waals surface area contributed by atoms with E-state index in [2.05, 4.69) is 25.7 Å². The largest absolute Gasteiger partial charge is 0.481 e. The minimum atomic E-state index is -0.737. The van der Waals surface area contributed by atoms with Crippen molar-refractivity contribution in [1.29, 1.82) is 0 Å². The lowest BCUT2D eigenvalue weighted by molar-refractivity contribution is -0.142. The van der Waals surface area contributed by atoms with Crippen LogP contribution in [0.3, 0.4) is 0 Å². The number of hydrogen-bond acceptors (Lipinski definition) is 3. The molecular formula is C16H30N2O3. The lowest BCUT2D eigenvalue weighted by Crippen LogP contribution is -2.48. The minimum absolute atomic E-state index is 0.141. The normalized spacial score (nSPS) is 20.4. The Morgan fingerprint density at radius 3 is 2.24 bits per heavy atom. The van der Waals surface area contributed by atoms with Crippen LogP contribution in [0.1, 0.15) is 52.9 Å². The van der Waals surface area contributed by atoms with Crippen molar-refractivity contribution in [3.8, 4) is 0 Å². The average molecular weight is 298 g/mol. The van der Waals surface area contributed by atoms with Gasteiger partial charge in [-0.15, -0.1) is 0 Å². The van der Waals surface area contributed by atoms with Crippen LogP contribution >= 0.6 is 0 Å². The number of aliphatic carboxylic acids is 1. The molecule has 1 unspecified atom stereocenters. The summed E-state index contributed by atoms with van der Waals surface area (Å²) in [6, 6.07) is -0.141. The summed E-state index contributed by atoms with van der Waals surface area (Å²) in [6.07, 6.45) is 4.33. The van der Waals surface area contributed by atoms with Crippen molar-refractivity contribution in [3.63, 3.8) is 0 Å². The van der Waals surface area contributed by atoms with Crippen molar-refractivity contribution in [2.75, 3.05) is 26.2 Å². The Morgan fingerprint density at radius 2 is 1.81 bits per heavy atom. The fraction of sp³-hybridized carbons (Fsp3) is 0.875. The van der Waals surface area contributed by atoms with Crippen LogP contribution in [0, 0.1) is 5.92 Å². The van der Waals surface area contributed by atoms with Crippen LogP contribution in [0.25, 0.3) is 0 Å². The van der Waals surface area contributed by atoms with E-state index in [9.17, 15) is 9.59 Å². The first-order valence-corrected chi connectivity index (χ1v) is 8.30. The van der Waals surface area contributed by atoms with Crippen LogP contribution < -0.4 is 0 Å². The Morgan fingerprint density at radius 1 is 1.19 bits per heavy atom. The molecule has 0 radical (unpaired) electrons. The van der Waals surface area contributed by atoms with Crippen LogP contribution in [0.5, 0.6) is 0 Å². The average Bonchev–Trinajstić information content (AvgIpc) is 2.93. The third kappa shape index (κ3) is 4.99. The molecule has 0 saturated carbocycles. The summed E-state index contributed by atoms with van der Waals surface area (Å²) in [5, 5.41) is 9.14. The van der Waals surface area contributed by atoms with Gasteiger partial charge in [0.15, 0.2) is 0 Å². The van der Waals surface area contributed by atoms with E-state index in [0.29, 0.717) is 13.0 Å². The number of nitrogens with zero attached hydrogens (tertiary/aromatic N) is 2. The molecule has 0 aromatic rings. The van der Waals surface area contributed by atoms with Gasteiger partial charge in [-0.1, -0.05) is 27.2 Å². The first-order chi connectivity index (χ1) is 10.0. The van der Waals surface area contributed by atoms with Crippen molar-refractivity contribution in [3.05, 3.63) is 0 Å². The van der Waals surface area contributed by atoms with Gasteiger partial charge in [-0.2, -0.15) is 0 Å². The number of carboxylic acids is 1. The second-order valence-electron chi connectivity index (χ2n) is 5.95. The summed E-state index contributed by atoms with van der Waals surface area (Å²) < 4.78 is 0. The van der Waals surface area contributed by atoms with Gasteiger partial charge in [0.25, 0.3) is 0 Å². The molecule has 1 rings (SSSR count). The highest BCUT2D eigenvalue weighted by Crippen LogP contribution is 2.22. The Balaban J connectivity index is 2.75. The SMILES string of the molecule is CCC[C@@H](C(=O)N(CCC)CCC)N1CCC(C(=O)O)C1. The van der Waals surface area contributed by atoms with Crippen LogP contribution in [0.4, 0.5) is 0 Å². The zero-order valence-electron chi connectivity index (χ0n) is 13.7. The number of likely N-dealkylation sites (tertiary alicyclic amines) is 1. The lowest BCUT2D eigenvalue weighted by Gasteiger charge is -2.32. The molecular weight excluding hydrogens is 268 g/mol. The molecule has 0 aliphatic carbocycles. The summed E-state index contributed by atoms with van der Waals surface area (Å²) in [5.74, 6) is -0.867. The highest BCUT2D eigenvalue weighted by Gasteiger charge is 2.36. The van der Waals surface area contributed by atoms with Crippen LogP contribution in [0.15, 0.2) is 0 Å². The van der Waals surface area contributed by atoms with Gasteiger partial charge >= 0.3 is 5.97 Å². The van der Waals surface area contributed by atoms with E-state index in [-0.39, 0.29) is 17.9 Å². The first-order valence-electron chi connectivity index (χ1n) is 8.30. The van der Waals surface area contributed by atoms with Gasteiger partial charge in [0, 0.05) is 19.6 Å². The summed E-state index contributed by atoms with van der Waals surface area (Å²) >= 11 is 0. The Bertz CT molecular complexity index is 340. The third-order valence-corrected chi connectivity index (χ3v) is 4.16. The second-order valence-corrected chi connectivity index (χ2v) is 5.95. The van der Waals surface area contributed by atoms with Gasteiger partial charge in [-0.3, -0.25) is 14.5 Å². The molecule has 0 aromatic carbocycles. The third-order valence-electron chi connectivity index (χ3n) is 4.16. The van der Waals surface area contributed by atoms with E-state index in [4.69, 9.17) is 5.11 Å². The fourth-order valence-corrected chi connectivity index (χ4v) is 3.09. The molecule has 1 amide bonds. The van der Waals surface area contributed by atoms with Crippen molar-refractivity contribution in [1.82, 2.24) is 9.80 Å². The minimum Gasteiger partial charge on any atom is -0.481 e. The fourth-order valence-electron chi connectivity index (χ4n) is 3.09. The maximum Gasteiger partial charge on any atom is 0.307 e. The number of rotatable bonds is 9. The number of hydrogen-bond donors (Lipinski definition) is 1. The van der Waals surface area contributed by atoms with E-state index in [1.165, 1.54) is 0 Å². The van der Waals surface area contributed by atoms with Gasteiger partial charge < -0.3 is 10.0 Å². The molecule has 2 atom stereocenters. The summed E-state index contributed by atoms with van der Waals surface area (Å²) in [4.78, 5) is 28.0. The Kier molecular flexibility index (Phi) is 7.72. The molecule has 1 saturated heterocycles. The quantitative estimate of drug-likeness (QED) is 0.709. The summed E-state index contributed by atoms with van der Waals surface area (Å²) in [6.45, 7) is 9.07. The maximum absolute atomic E-state index is 12.8. The topological polar surface area (TPSA) is 60.9 Å². The molecule has 5 nitrogen and oxygen atoms in total. The Hall–Kier alpha value is -1.10. The van der Waals surface area contributed by atoms with E-state index in [1.807, 2.05) is 4.90 Å². The molecule has 21 heavy (non-hydrogen) atoms. The number of carboxylic acid groups (broad SMARTS) is 1. The van der Waals surface area contributed by atoms with Crippen LogP contribution in [0.2, 0.25) is 0 Å². The number of amides is 1. The van der Waals surface area contributed by atoms with E-state index in [0.717, 1.165) is 45.3 Å². The molecule has 1 aliphatic heterocycles. The predicted molar refractivity (Wildman–Crippen MR) is 83.2 cm³/mol. The molecule has 0 bridgehead atoms. The van der Waals surface area contributed by atoms with Gasteiger partial charge in [0.2, 0.25) is 5.91 Å². The maximum atomic E-state index is 12.8. The Labute approximate surface area is 128 Å². The number of carbonyl (C=O) groups is 2. The predicted octanol–water partition coefficient (Wildman–Crippen LogP) is 2.21. The highest BCUT2D eigenvalue weighted by atomic mass is 16.4. The molecule has 5 heteroatoms. The van der Waals surface area contributed by atoms with Gasteiger partial charge in [-0.05, 0) is 32.2 Å². The van der Waals surface area contributed by atoms with Gasteiger partial charge in [0.05, 0.1) is 12.0 Å². The highest BCUT2D eigenvalue weighted by molar-refractivity contribution is 5.82. The molecule has 1 fully saturated rings. The molecule has 1 N–H and O–H groups in total. The second kappa shape index (κ2) is 9.03. The van der Waals surface area contributed by atoms with E-state index < -0.39 is 5.97 Å². The van der Waals surface area contributed by atoms with Crippen molar-refractivity contribution >= 4 is 11.9 Å². The van der Waals surface area contributed by atoms with Crippen LogP contribution in [-0.4, -0.2) is 59.0 Å². The monoisotopic (exact) mass is 298 g/mol. The molecule has 1 aliphatic rings. The standard InChI is InChI=1S/C16H30N2O3/c1-4-7-14(15(19)17(9-5-2)10-6-3)18-11-8-13(12-18)16(20)21/h13-14H,4-12H2,1-3H3,(H,20,21)/t13?,14-/m0/s1. The van der Waals surface area contributed by atoms with Gasteiger partial charge in [0.1, 0.15) is 0 Å². The first kappa shape index (κ1) is 18.0. The van der Waals surface area contributed by atoms with E-state index in [1.54, 1.807) is 0 Å². The molecule has 0 aromatic heterocycles.